The highest BCUT2D eigenvalue weighted by atomic mass is 35.5. The second-order valence-electron chi connectivity index (χ2n) is 6.25. The molecule has 126 valence electrons. The molecule has 0 aliphatic carbocycles. The first kappa shape index (κ1) is 18.0. The molecule has 0 bridgehead atoms. The predicted molar refractivity (Wildman–Crippen MR) is 85.5 cm³/mol. The van der Waals surface area contributed by atoms with Gasteiger partial charge in [-0.25, -0.2) is 0 Å². The maximum atomic E-state index is 12.9. The number of hydrogen-bond acceptors (Lipinski definition) is 4. The Hall–Kier alpha value is -1.30. The molecule has 1 aromatic carbocycles. The summed E-state index contributed by atoms with van der Waals surface area (Å²) < 4.78 is 42.9. The second-order valence-corrected chi connectivity index (χ2v) is 9.32. The van der Waals surface area contributed by atoms with E-state index in [9.17, 15) is 13.3 Å². The lowest BCUT2D eigenvalue weighted by Gasteiger charge is -2.26. The number of rotatable bonds is 4. The summed E-state index contributed by atoms with van der Waals surface area (Å²) in [6, 6.07) is 6.47. The smallest absolute Gasteiger partial charge is 0.331 e. The molecule has 0 saturated heterocycles. The topological polar surface area (TPSA) is 68.0 Å². The van der Waals surface area contributed by atoms with Crippen molar-refractivity contribution in [2.45, 2.75) is 31.7 Å². The van der Waals surface area contributed by atoms with E-state index in [1.54, 1.807) is 30.9 Å². The van der Waals surface area contributed by atoms with E-state index in [4.69, 9.17) is 11.6 Å². The molecule has 1 atom stereocenters. The van der Waals surface area contributed by atoms with Crippen molar-refractivity contribution >= 4 is 24.2 Å². The number of alkyl halides is 3. The zero-order chi connectivity index (χ0) is 17.5. The number of aromatic nitrogens is 2. The molecule has 9 heteroatoms. The summed E-state index contributed by atoms with van der Waals surface area (Å²) >= 11 is 4.83. The Morgan fingerprint density at radius 3 is 2.22 bits per heavy atom. The highest BCUT2D eigenvalue weighted by Crippen LogP contribution is 2.38. The summed E-state index contributed by atoms with van der Waals surface area (Å²) in [5, 5.41) is 3.46. The van der Waals surface area contributed by atoms with E-state index in [1.807, 2.05) is 20.8 Å². The minimum absolute atomic E-state index is 0.0124. The highest BCUT2D eigenvalue weighted by Gasteiger charge is 2.35. The van der Waals surface area contributed by atoms with Crippen LogP contribution in [0.2, 0.25) is 0 Å². The van der Waals surface area contributed by atoms with Gasteiger partial charge in [0, 0.05) is 23.1 Å². The van der Waals surface area contributed by atoms with Gasteiger partial charge in [-0.3, -0.25) is 5.09 Å². The van der Waals surface area contributed by atoms with Crippen LogP contribution in [0.1, 0.15) is 26.7 Å². The van der Waals surface area contributed by atoms with Crippen molar-refractivity contribution in [1.82, 2.24) is 15.2 Å². The van der Waals surface area contributed by atoms with Gasteiger partial charge in [-0.05, 0) is 44.5 Å². The quantitative estimate of drug-likeness (QED) is 0.658. The third-order valence-corrected chi connectivity index (χ3v) is 5.38. The van der Waals surface area contributed by atoms with Crippen LogP contribution in [0.25, 0.3) is 11.4 Å². The molecule has 1 aromatic heterocycles. The van der Waals surface area contributed by atoms with Crippen LogP contribution in [0.15, 0.2) is 28.8 Å². The Kier molecular flexibility index (Phi) is 4.68. The lowest BCUT2D eigenvalue weighted by Crippen LogP contribution is -2.35. The molecule has 0 aliphatic rings. The van der Waals surface area contributed by atoms with Gasteiger partial charge in [0.05, 0.1) is 0 Å². The maximum Gasteiger partial charge on any atom is 0.400 e. The molecule has 0 spiro atoms. The standard InChI is InChI=1S/C14H17ClF2N3O2P/c1-13(2,3)20-23(4,21)10-7-5-9(6-8-10)11-18-12(22-19-11)14(15,16)17/h5-8H,1-4H3,(H,20,21). The van der Waals surface area contributed by atoms with Crippen LogP contribution in [0, 0.1) is 0 Å². The number of halogens is 3. The lowest BCUT2D eigenvalue weighted by molar-refractivity contribution is 0.0551. The van der Waals surface area contributed by atoms with Crippen molar-refractivity contribution in [2.24, 2.45) is 0 Å². The number of hydrogen-bond donors (Lipinski definition) is 1. The van der Waals surface area contributed by atoms with Gasteiger partial charge in [-0.1, -0.05) is 17.3 Å². The first-order chi connectivity index (χ1) is 10.4. The minimum atomic E-state index is -3.71. The fourth-order valence-electron chi connectivity index (χ4n) is 2.06. The normalized spacial score (nSPS) is 15.4. The van der Waals surface area contributed by atoms with E-state index in [0.29, 0.717) is 10.9 Å². The predicted octanol–water partition coefficient (Wildman–Crippen LogP) is 3.95. The van der Waals surface area contributed by atoms with Crippen molar-refractivity contribution < 1.29 is 17.9 Å². The van der Waals surface area contributed by atoms with Crippen molar-refractivity contribution in [3.05, 3.63) is 30.2 Å². The van der Waals surface area contributed by atoms with E-state index >= 15 is 0 Å². The van der Waals surface area contributed by atoms with Gasteiger partial charge in [0.25, 0.3) is 0 Å². The van der Waals surface area contributed by atoms with Crippen molar-refractivity contribution in [1.29, 1.82) is 0 Å². The number of nitrogens with one attached hydrogen (secondary N) is 1. The molecule has 1 heterocycles. The molecule has 0 radical (unpaired) electrons. The molecule has 0 aliphatic heterocycles. The second kappa shape index (κ2) is 5.96. The Morgan fingerprint density at radius 1 is 1.22 bits per heavy atom. The molecular formula is C14H17ClF2N3O2P. The Labute approximate surface area is 137 Å². The summed E-state index contributed by atoms with van der Waals surface area (Å²) in [6.07, 6.45) is 0. The monoisotopic (exact) mass is 363 g/mol. The zero-order valence-corrected chi connectivity index (χ0v) is 14.8. The van der Waals surface area contributed by atoms with Gasteiger partial charge in [0.1, 0.15) is 0 Å². The SMILES string of the molecule is CC(C)(C)NP(C)(=O)c1ccc(-c2noc(C(F)(F)Cl)n2)cc1. The van der Waals surface area contributed by atoms with E-state index in [2.05, 4.69) is 19.8 Å². The van der Waals surface area contributed by atoms with Crippen LogP contribution in [0.3, 0.4) is 0 Å². The first-order valence-corrected chi connectivity index (χ1v) is 9.30. The number of nitrogens with zero attached hydrogens (tertiary/aromatic N) is 2. The molecule has 0 saturated carbocycles. The molecular weight excluding hydrogens is 347 g/mol. The third-order valence-electron chi connectivity index (χ3n) is 2.84. The van der Waals surface area contributed by atoms with Crippen molar-refractivity contribution in [2.75, 3.05) is 6.66 Å². The molecule has 0 fully saturated rings. The van der Waals surface area contributed by atoms with E-state index in [0.717, 1.165) is 0 Å². The molecule has 5 nitrogen and oxygen atoms in total. The summed E-state index contributed by atoms with van der Waals surface area (Å²) in [5.74, 6) is -0.976. The van der Waals surface area contributed by atoms with Crippen LogP contribution >= 0.6 is 18.9 Å². The fourth-order valence-corrected chi connectivity index (χ4v) is 4.26. The van der Waals surface area contributed by atoms with Crippen LogP contribution in [-0.4, -0.2) is 22.3 Å². The van der Waals surface area contributed by atoms with Gasteiger partial charge in [-0.15, -0.1) is 0 Å². The minimum Gasteiger partial charge on any atom is -0.331 e. The lowest BCUT2D eigenvalue weighted by atomic mass is 10.1. The average molecular weight is 364 g/mol. The van der Waals surface area contributed by atoms with Gasteiger partial charge < -0.3 is 9.09 Å². The van der Waals surface area contributed by atoms with Gasteiger partial charge in [0.15, 0.2) is 7.29 Å². The summed E-state index contributed by atoms with van der Waals surface area (Å²) in [7, 11) is -2.75. The average Bonchev–Trinajstić information content (AvgIpc) is 2.85. The van der Waals surface area contributed by atoms with E-state index in [-0.39, 0.29) is 11.4 Å². The van der Waals surface area contributed by atoms with Crippen molar-refractivity contribution in [3.63, 3.8) is 0 Å². The van der Waals surface area contributed by atoms with Crippen LogP contribution in [0.4, 0.5) is 8.78 Å². The largest absolute Gasteiger partial charge is 0.400 e. The molecule has 0 amide bonds. The maximum absolute atomic E-state index is 12.9. The molecule has 2 aromatic rings. The van der Waals surface area contributed by atoms with Gasteiger partial charge in [0.2, 0.25) is 5.82 Å². The van der Waals surface area contributed by atoms with E-state index < -0.39 is 18.6 Å². The first-order valence-electron chi connectivity index (χ1n) is 6.77. The zero-order valence-electron chi connectivity index (χ0n) is 13.1. The summed E-state index contributed by atoms with van der Waals surface area (Å²) in [6.45, 7) is 7.40. The molecule has 1 N–H and O–H groups in total. The van der Waals surface area contributed by atoms with Crippen LogP contribution in [-0.2, 0) is 9.95 Å². The van der Waals surface area contributed by atoms with Crippen LogP contribution in [0.5, 0.6) is 0 Å². The fraction of sp³-hybridized carbons (Fsp3) is 0.429. The van der Waals surface area contributed by atoms with Gasteiger partial charge in [-0.2, -0.15) is 13.8 Å². The van der Waals surface area contributed by atoms with Crippen molar-refractivity contribution in [3.8, 4) is 11.4 Å². The van der Waals surface area contributed by atoms with Gasteiger partial charge >= 0.3 is 11.3 Å². The summed E-state index contributed by atoms with van der Waals surface area (Å²) in [5.41, 5.74) is 0.151. The van der Waals surface area contributed by atoms with E-state index in [1.165, 1.54) is 0 Å². The molecule has 1 unspecified atom stereocenters. The number of benzene rings is 1. The Morgan fingerprint density at radius 2 is 1.78 bits per heavy atom. The Balaban J connectivity index is 2.26. The molecule has 23 heavy (non-hydrogen) atoms. The van der Waals surface area contributed by atoms with Crippen LogP contribution < -0.4 is 10.4 Å². The molecule has 2 rings (SSSR count). The highest BCUT2D eigenvalue weighted by molar-refractivity contribution is 7.69. The summed E-state index contributed by atoms with van der Waals surface area (Å²) in [4.78, 5) is 3.56. The third kappa shape index (κ3) is 4.59. The Bertz CT molecular complexity index is 736.